The van der Waals surface area contributed by atoms with Gasteiger partial charge in [-0.05, 0) is 41.7 Å². The summed E-state index contributed by atoms with van der Waals surface area (Å²) in [5, 5.41) is 7.83. The lowest BCUT2D eigenvalue weighted by molar-refractivity contribution is 0.0341. The van der Waals surface area contributed by atoms with Crippen molar-refractivity contribution in [3.8, 4) is 0 Å². The molecule has 2 aromatic rings. The van der Waals surface area contributed by atoms with Crippen LogP contribution in [0.5, 0.6) is 0 Å². The van der Waals surface area contributed by atoms with Crippen LogP contribution in [0.15, 0.2) is 53.5 Å². The number of hydrogen-bond donors (Lipinski definition) is 2. The van der Waals surface area contributed by atoms with Gasteiger partial charge in [0.1, 0.15) is 0 Å². The molecule has 0 bridgehead atoms. The molecule has 0 unspecified atom stereocenters. The van der Waals surface area contributed by atoms with E-state index in [4.69, 9.17) is 16.3 Å². The fraction of sp³-hybridized carbons (Fsp3) is 0.458. The summed E-state index contributed by atoms with van der Waals surface area (Å²) in [4.78, 5) is 6.89. The van der Waals surface area contributed by atoms with E-state index in [1.807, 2.05) is 19.2 Å². The molecule has 5 nitrogen and oxygen atoms in total. The quantitative estimate of drug-likeness (QED) is 0.306. The van der Waals surface area contributed by atoms with E-state index in [0.717, 1.165) is 56.9 Å². The lowest BCUT2D eigenvalue weighted by Gasteiger charge is -2.27. The number of guanidine groups is 1. The summed E-state index contributed by atoms with van der Waals surface area (Å²) in [6.07, 6.45) is 2.36. The summed E-state index contributed by atoms with van der Waals surface area (Å²) in [5.41, 5.74) is 4.16. The molecule has 0 aromatic heterocycles. The molecular weight excluding hydrogens is 523 g/mol. The van der Waals surface area contributed by atoms with Crippen LogP contribution in [0.1, 0.15) is 29.5 Å². The predicted octanol–water partition coefficient (Wildman–Crippen LogP) is 4.19. The van der Waals surface area contributed by atoms with Crippen LogP contribution in [0.2, 0.25) is 5.02 Å². The third-order valence-electron chi connectivity index (χ3n) is 6.17. The Morgan fingerprint density at radius 1 is 1.06 bits per heavy atom. The third kappa shape index (κ3) is 6.57. The normalized spacial score (nSPS) is 18.2. The summed E-state index contributed by atoms with van der Waals surface area (Å²) < 4.78 is 5.47. The van der Waals surface area contributed by atoms with Crippen molar-refractivity contribution in [2.24, 2.45) is 4.99 Å². The van der Waals surface area contributed by atoms with Gasteiger partial charge in [-0.15, -0.1) is 24.0 Å². The van der Waals surface area contributed by atoms with Crippen LogP contribution in [0.4, 0.5) is 0 Å². The molecule has 2 aromatic carbocycles. The molecule has 0 spiro atoms. The molecule has 1 aliphatic carbocycles. The van der Waals surface area contributed by atoms with Gasteiger partial charge in [-0.1, -0.05) is 48.0 Å². The average molecular weight is 555 g/mol. The zero-order valence-electron chi connectivity index (χ0n) is 18.1. The van der Waals surface area contributed by atoms with Crippen LogP contribution < -0.4 is 10.6 Å². The molecular formula is C24H32ClIN4O. The molecule has 2 aliphatic rings. The Labute approximate surface area is 207 Å². The van der Waals surface area contributed by atoms with Gasteiger partial charge in [-0.25, -0.2) is 0 Å². The second kappa shape index (κ2) is 11.5. The lowest BCUT2D eigenvalue weighted by atomic mass is 9.96. The van der Waals surface area contributed by atoms with E-state index < -0.39 is 0 Å². The molecule has 2 N–H and O–H groups in total. The molecule has 4 rings (SSSR count). The highest BCUT2D eigenvalue weighted by Crippen LogP contribution is 2.48. The van der Waals surface area contributed by atoms with E-state index >= 15 is 0 Å². The minimum absolute atomic E-state index is 0. The summed E-state index contributed by atoms with van der Waals surface area (Å²) in [7, 11) is 1.83. The van der Waals surface area contributed by atoms with Gasteiger partial charge in [0.05, 0.1) is 13.2 Å². The van der Waals surface area contributed by atoms with Crippen LogP contribution in [0, 0.1) is 0 Å². The number of benzene rings is 2. The molecule has 31 heavy (non-hydrogen) atoms. The highest BCUT2D eigenvalue weighted by molar-refractivity contribution is 14.0. The molecule has 168 valence electrons. The van der Waals surface area contributed by atoms with Gasteiger partial charge in [0.2, 0.25) is 0 Å². The highest BCUT2D eigenvalue weighted by atomic mass is 127. The maximum atomic E-state index is 6.20. The fourth-order valence-corrected chi connectivity index (χ4v) is 4.26. The molecule has 0 amide bonds. The molecule has 0 radical (unpaired) electrons. The Bertz CT molecular complexity index is 881. The monoisotopic (exact) mass is 554 g/mol. The van der Waals surface area contributed by atoms with Crippen molar-refractivity contribution in [1.29, 1.82) is 0 Å². The number of nitrogens with one attached hydrogen (secondary N) is 2. The lowest BCUT2D eigenvalue weighted by Crippen LogP contribution is -2.41. The number of halogens is 2. The Balaban J connectivity index is 0.00000272. The fourth-order valence-electron chi connectivity index (χ4n) is 4.07. The number of ether oxygens (including phenoxy) is 1. The maximum absolute atomic E-state index is 6.20. The van der Waals surface area contributed by atoms with Crippen LogP contribution in [-0.2, 0) is 23.2 Å². The Kier molecular flexibility index (Phi) is 9.01. The van der Waals surface area contributed by atoms with Crippen molar-refractivity contribution in [2.45, 2.75) is 31.3 Å². The molecule has 1 saturated carbocycles. The Hall–Kier alpha value is -1.35. The average Bonchev–Trinajstić information content (AvgIpc) is 3.57. The number of hydrogen-bond acceptors (Lipinski definition) is 3. The largest absolute Gasteiger partial charge is 0.379 e. The smallest absolute Gasteiger partial charge is 0.191 e. The van der Waals surface area contributed by atoms with E-state index in [2.05, 4.69) is 56.9 Å². The van der Waals surface area contributed by atoms with Crippen molar-refractivity contribution in [2.75, 3.05) is 39.9 Å². The second-order valence-corrected chi connectivity index (χ2v) is 8.66. The molecule has 2 fully saturated rings. The van der Waals surface area contributed by atoms with Crippen molar-refractivity contribution in [3.63, 3.8) is 0 Å². The van der Waals surface area contributed by atoms with E-state index in [-0.39, 0.29) is 29.4 Å². The Morgan fingerprint density at radius 2 is 1.81 bits per heavy atom. The van der Waals surface area contributed by atoms with Crippen molar-refractivity contribution in [1.82, 2.24) is 15.5 Å². The van der Waals surface area contributed by atoms with E-state index in [9.17, 15) is 0 Å². The van der Waals surface area contributed by atoms with Crippen molar-refractivity contribution in [3.05, 3.63) is 70.2 Å². The SMILES string of the molecule is CN=C(NCc1ccccc1CN1CCOCC1)NCC1(c2cccc(Cl)c2)CC1.I. The van der Waals surface area contributed by atoms with Gasteiger partial charge in [0.25, 0.3) is 0 Å². The zero-order valence-corrected chi connectivity index (χ0v) is 21.2. The first-order valence-corrected chi connectivity index (χ1v) is 11.1. The first-order valence-electron chi connectivity index (χ1n) is 10.8. The Morgan fingerprint density at radius 3 is 2.48 bits per heavy atom. The predicted molar refractivity (Wildman–Crippen MR) is 139 cm³/mol. The summed E-state index contributed by atoms with van der Waals surface area (Å²) >= 11 is 6.20. The molecule has 1 heterocycles. The molecule has 1 saturated heterocycles. The van der Waals surface area contributed by atoms with Gasteiger partial charge >= 0.3 is 0 Å². The van der Waals surface area contributed by atoms with Gasteiger partial charge in [0, 0.05) is 50.2 Å². The molecule has 1 aliphatic heterocycles. The summed E-state index contributed by atoms with van der Waals surface area (Å²) in [5.74, 6) is 0.837. The van der Waals surface area contributed by atoms with Crippen LogP contribution in [0.3, 0.4) is 0 Å². The first-order chi connectivity index (χ1) is 14.7. The first kappa shape index (κ1) is 24.3. The summed E-state index contributed by atoms with van der Waals surface area (Å²) in [6, 6.07) is 16.9. The minimum Gasteiger partial charge on any atom is -0.379 e. The molecule has 7 heteroatoms. The topological polar surface area (TPSA) is 48.9 Å². The number of rotatable bonds is 7. The number of aliphatic imine (C=N–C) groups is 1. The van der Waals surface area contributed by atoms with E-state index in [1.54, 1.807) is 0 Å². The van der Waals surface area contributed by atoms with Gasteiger partial charge < -0.3 is 15.4 Å². The minimum atomic E-state index is 0. The maximum Gasteiger partial charge on any atom is 0.191 e. The third-order valence-corrected chi connectivity index (χ3v) is 6.41. The van der Waals surface area contributed by atoms with E-state index in [0.29, 0.717) is 0 Å². The number of morpholine rings is 1. The zero-order chi connectivity index (χ0) is 20.8. The number of nitrogens with zero attached hydrogens (tertiary/aromatic N) is 2. The van der Waals surface area contributed by atoms with Gasteiger partial charge in [0.15, 0.2) is 5.96 Å². The highest BCUT2D eigenvalue weighted by Gasteiger charge is 2.44. The van der Waals surface area contributed by atoms with Crippen LogP contribution in [0.25, 0.3) is 0 Å². The van der Waals surface area contributed by atoms with Gasteiger partial charge in [-0.2, -0.15) is 0 Å². The standard InChI is InChI=1S/C24H31ClN4O.HI/c1-26-23(28-18-24(9-10-24)21-7-4-8-22(25)15-21)27-16-19-5-2-3-6-20(19)17-29-11-13-30-14-12-29;/h2-8,15H,9-14,16-18H2,1H3,(H2,26,27,28);1H. The van der Waals surface area contributed by atoms with E-state index in [1.165, 1.54) is 29.5 Å². The van der Waals surface area contributed by atoms with Crippen LogP contribution in [-0.4, -0.2) is 50.8 Å². The van der Waals surface area contributed by atoms with Crippen LogP contribution >= 0.6 is 35.6 Å². The van der Waals surface area contributed by atoms with Gasteiger partial charge in [-0.3, -0.25) is 9.89 Å². The van der Waals surface area contributed by atoms with Crippen molar-refractivity contribution >= 4 is 41.5 Å². The molecule has 0 atom stereocenters. The summed E-state index contributed by atoms with van der Waals surface area (Å²) in [6.45, 7) is 6.22. The second-order valence-electron chi connectivity index (χ2n) is 8.23. The van der Waals surface area contributed by atoms with Crippen molar-refractivity contribution < 1.29 is 4.74 Å².